The Hall–Kier alpha value is -4.29. The third-order valence-corrected chi connectivity index (χ3v) is 4.23. The molecular weight excluding hydrogens is 425 g/mol. The van der Waals surface area contributed by atoms with E-state index in [2.05, 4.69) is 5.32 Å². The lowest BCUT2D eigenvalue weighted by Gasteiger charge is -2.13. The molecule has 2 N–H and O–H groups in total. The van der Waals surface area contributed by atoms with Crippen LogP contribution in [0.5, 0.6) is 0 Å². The Morgan fingerprint density at radius 3 is 2.39 bits per heavy atom. The Morgan fingerprint density at radius 1 is 1.00 bits per heavy atom. The minimum Gasteiger partial charge on any atom is -0.345 e. The number of halogens is 3. The monoisotopic (exact) mass is 436 g/mol. The molecule has 31 heavy (non-hydrogen) atoms. The minimum atomic E-state index is -1.79. The fourth-order valence-corrected chi connectivity index (χ4v) is 2.81. The molecule has 160 valence electrons. The van der Waals surface area contributed by atoms with Crippen LogP contribution in [0.2, 0.25) is 0 Å². The van der Waals surface area contributed by atoms with Crippen LogP contribution in [-0.4, -0.2) is 46.5 Å². The number of fused-ring (bicyclic) bond motifs is 1. The number of anilines is 1. The van der Waals surface area contributed by atoms with Gasteiger partial charge in [0.05, 0.1) is 22.7 Å². The summed E-state index contributed by atoms with van der Waals surface area (Å²) in [6.07, 6.45) is 0. The van der Waals surface area contributed by atoms with E-state index in [1.165, 1.54) is 12.1 Å². The van der Waals surface area contributed by atoms with Crippen LogP contribution in [-0.2, 0) is 9.59 Å². The van der Waals surface area contributed by atoms with Crippen molar-refractivity contribution in [3.8, 4) is 0 Å². The maximum absolute atomic E-state index is 13.6. The van der Waals surface area contributed by atoms with Gasteiger partial charge < -0.3 is 10.6 Å². The zero-order valence-corrected chi connectivity index (χ0v) is 15.3. The predicted molar refractivity (Wildman–Crippen MR) is 96.4 cm³/mol. The number of nitrogens with zero attached hydrogens (tertiary/aromatic N) is 2. The zero-order chi connectivity index (χ0) is 22.9. The van der Waals surface area contributed by atoms with Crippen molar-refractivity contribution in [3.05, 3.63) is 69.0 Å². The number of rotatable bonds is 6. The molecule has 2 aromatic rings. The molecule has 0 aliphatic carbocycles. The number of benzene rings is 2. The minimum absolute atomic E-state index is 0.237. The highest BCUT2D eigenvalue weighted by Gasteiger charge is 2.41. The van der Waals surface area contributed by atoms with Gasteiger partial charge in [-0.05, 0) is 18.2 Å². The normalized spacial score (nSPS) is 12.5. The molecule has 0 bridgehead atoms. The first-order valence-electron chi connectivity index (χ1n) is 8.45. The van der Waals surface area contributed by atoms with Crippen molar-refractivity contribution in [2.75, 3.05) is 18.4 Å². The molecule has 1 heterocycles. The average molecular weight is 436 g/mol. The van der Waals surface area contributed by atoms with Crippen LogP contribution in [0.4, 0.5) is 24.5 Å². The Labute approximate surface area is 170 Å². The zero-order valence-electron chi connectivity index (χ0n) is 15.3. The van der Waals surface area contributed by atoms with E-state index in [-0.39, 0.29) is 5.56 Å². The molecule has 0 saturated carbocycles. The SMILES string of the molecule is O=C(CN1C(=O)c2cccc([N+](=O)[O-])c2C1=O)NCC(=O)Nc1ccc(F)c(F)c1F. The van der Waals surface area contributed by atoms with Gasteiger partial charge in [0.1, 0.15) is 12.1 Å². The van der Waals surface area contributed by atoms with E-state index in [4.69, 9.17) is 0 Å². The van der Waals surface area contributed by atoms with E-state index in [9.17, 15) is 42.5 Å². The van der Waals surface area contributed by atoms with Crippen molar-refractivity contribution in [3.63, 3.8) is 0 Å². The quantitative estimate of drug-likeness (QED) is 0.304. The number of carbonyl (C=O) groups is 4. The van der Waals surface area contributed by atoms with Gasteiger partial charge in [-0.15, -0.1) is 0 Å². The summed E-state index contributed by atoms with van der Waals surface area (Å²) in [6, 6.07) is 4.82. The van der Waals surface area contributed by atoms with Crippen LogP contribution in [0, 0.1) is 27.6 Å². The van der Waals surface area contributed by atoms with Crippen LogP contribution < -0.4 is 10.6 Å². The highest BCUT2D eigenvalue weighted by atomic mass is 19.2. The first kappa shape index (κ1) is 21.4. The molecule has 1 aliphatic rings. The van der Waals surface area contributed by atoms with Crippen molar-refractivity contribution in [1.29, 1.82) is 0 Å². The number of hydrogen-bond acceptors (Lipinski definition) is 6. The van der Waals surface area contributed by atoms with E-state index in [0.29, 0.717) is 11.0 Å². The summed E-state index contributed by atoms with van der Waals surface area (Å²) >= 11 is 0. The summed E-state index contributed by atoms with van der Waals surface area (Å²) in [4.78, 5) is 59.2. The van der Waals surface area contributed by atoms with Crippen LogP contribution in [0.25, 0.3) is 0 Å². The van der Waals surface area contributed by atoms with Crippen LogP contribution in [0.1, 0.15) is 20.7 Å². The summed E-state index contributed by atoms with van der Waals surface area (Å²) in [5, 5.41) is 15.0. The largest absolute Gasteiger partial charge is 0.345 e. The molecule has 0 fully saturated rings. The summed E-state index contributed by atoms with van der Waals surface area (Å²) < 4.78 is 39.6. The van der Waals surface area contributed by atoms with E-state index in [0.717, 1.165) is 12.1 Å². The van der Waals surface area contributed by atoms with Crippen LogP contribution >= 0.6 is 0 Å². The molecule has 10 nitrogen and oxygen atoms in total. The first-order chi connectivity index (χ1) is 14.6. The van der Waals surface area contributed by atoms with Crippen LogP contribution in [0.3, 0.4) is 0 Å². The maximum atomic E-state index is 13.6. The lowest BCUT2D eigenvalue weighted by atomic mass is 10.1. The second-order valence-corrected chi connectivity index (χ2v) is 6.20. The number of carbonyl (C=O) groups excluding carboxylic acids is 4. The Balaban J connectivity index is 1.61. The predicted octanol–water partition coefficient (Wildman–Crippen LogP) is 1.36. The third-order valence-electron chi connectivity index (χ3n) is 4.23. The van der Waals surface area contributed by atoms with Gasteiger partial charge >= 0.3 is 0 Å². The Bertz CT molecular complexity index is 1150. The van der Waals surface area contributed by atoms with Gasteiger partial charge in [-0.1, -0.05) is 6.07 Å². The number of nitro benzene ring substituents is 1. The first-order valence-corrected chi connectivity index (χ1v) is 8.45. The highest BCUT2D eigenvalue weighted by Crippen LogP contribution is 2.30. The lowest BCUT2D eigenvalue weighted by molar-refractivity contribution is -0.385. The molecule has 4 amide bonds. The smallest absolute Gasteiger partial charge is 0.282 e. The third kappa shape index (κ3) is 4.05. The molecule has 0 aromatic heterocycles. The molecule has 0 radical (unpaired) electrons. The van der Waals surface area contributed by atoms with E-state index < -0.39 is 76.0 Å². The topological polar surface area (TPSA) is 139 Å². The summed E-state index contributed by atoms with van der Waals surface area (Å²) in [7, 11) is 0. The molecule has 0 spiro atoms. The Kier molecular flexibility index (Phi) is 5.68. The van der Waals surface area contributed by atoms with Crippen molar-refractivity contribution < 1.29 is 37.3 Å². The molecule has 3 rings (SSSR count). The van der Waals surface area contributed by atoms with E-state index >= 15 is 0 Å². The summed E-state index contributed by atoms with van der Waals surface area (Å²) in [5.74, 6) is -8.82. The second kappa shape index (κ2) is 8.22. The van der Waals surface area contributed by atoms with Gasteiger partial charge in [-0.2, -0.15) is 0 Å². The summed E-state index contributed by atoms with van der Waals surface area (Å²) in [6.45, 7) is -1.59. The average Bonchev–Trinajstić information content (AvgIpc) is 2.97. The molecule has 2 aromatic carbocycles. The maximum Gasteiger partial charge on any atom is 0.282 e. The molecule has 0 saturated heterocycles. The van der Waals surface area contributed by atoms with Gasteiger partial charge in [-0.25, -0.2) is 13.2 Å². The van der Waals surface area contributed by atoms with Crippen molar-refractivity contribution in [2.24, 2.45) is 0 Å². The number of imide groups is 1. The molecule has 0 atom stereocenters. The number of nitrogens with one attached hydrogen (secondary N) is 2. The number of hydrogen-bond donors (Lipinski definition) is 2. The Morgan fingerprint density at radius 2 is 1.71 bits per heavy atom. The fourth-order valence-electron chi connectivity index (χ4n) is 2.81. The molecule has 13 heteroatoms. The van der Waals surface area contributed by atoms with E-state index in [1.807, 2.05) is 5.32 Å². The van der Waals surface area contributed by atoms with Gasteiger partial charge in [0.25, 0.3) is 17.5 Å². The number of nitro groups is 1. The van der Waals surface area contributed by atoms with Gasteiger partial charge in [0, 0.05) is 6.07 Å². The van der Waals surface area contributed by atoms with Gasteiger partial charge in [0.2, 0.25) is 11.8 Å². The van der Waals surface area contributed by atoms with Gasteiger partial charge in [-0.3, -0.25) is 34.2 Å². The van der Waals surface area contributed by atoms with Crippen molar-refractivity contribution in [2.45, 2.75) is 0 Å². The standard InChI is InChI=1S/C18H11F3N4O6/c19-9-4-5-10(16(21)15(9)20)23-12(26)6-22-13(27)7-24-17(28)8-2-1-3-11(25(30)31)14(8)18(24)29/h1-5H,6-7H2,(H,22,27)(H,23,26). The van der Waals surface area contributed by atoms with Crippen LogP contribution in [0.15, 0.2) is 30.3 Å². The molecule has 0 unspecified atom stereocenters. The highest BCUT2D eigenvalue weighted by molar-refractivity contribution is 6.24. The van der Waals surface area contributed by atoms with Gasteiger partial charge in [0.15, 0.2) is 17.5 Å². The number of amides is 4. The second-order valence-electron chi connectivity index (χ2n) is 6.20. The van der Waals surface area contributed by atoms with Crippen molar-refractivity contribution >= 4 is 35.0 Å². The lowest BCUT2D eigenvalue weighted by Crippen LogP contribution is -2.42. The van der Waals surface area contributed by atoms with E-state index in [1.54, 1.807) is 0 Å². The van der Waals surface area contributed by atoms with Crippen molar-refractivity contribution in [1.82, 2.24) is 10.2 Å². The molecule has 1 aliphatic heterocycles. The molecular formula is C18H11F3N4O6. The fraction of sp³-hybridized carbons (Fsp3) is 0.111. The summed E-state index contributed by atoms with van der Waals surface area (Å²) in [5.41, 5.74) is -1.94.